The molecule has 0 aromatic heterocycles. The van der Waals surface area contributed by atoms with Crippen LogP contribution in [0.15, 0.2) is 34.8 Å². The van der Waals surface area contributed by atoms with Crippen molar-refractivity contribution in [2.24, 2.45) is 0 Å². The molecular formula is C15H13BrClFO3. The first-order valence-electron chi connectivity index (χ1n) is 6.03. The molecule has 0 spiro atoms. The molecule has 2 aromatic rings. The van der Waals surface area contributed by atoms with Crippen LogP contribution >= 0.6 is 27.5 Å². The average molecular weight is 376 g/mol. The average Bonchev–Trinajstić information content (AvgIpc) is 2.51. The fourth-order valence-corrected chi connectivity index (χ4v) is 2.54. The van der Waals surface area contributed by atoms with Crippen molar-refractivity contribution in [1.82, 2.24) is 0 Å². The van der Waals surface area contributed by atoms with Crippen molar-refractivity contribution in [3.63, 3.8) is 0 Å². The molecule has 0 heterocycles. The van der Waals surface area contributed by atoms with Crippen molar-refractivity contribution in [2.45, 2.75) is 6.10 Å². The molecule has 2 aromatic carbocycles. The van der Waals surface area contributed by atoms with Crippen LogP contribution in [0.1, 0.15) is 17.2 Å². The topological polar surface area (TPSA) is 38.7 Å². The maximum absolute atomic E-state index is 14.3. The zero-order valence-corrected chi connectivity index (χ0v) is 13.7. The van der Waals surface area contributed by atoms with Gasteiger partial charge in [-0.2, -0.15) is 0 Å². The smallest absolute Gasteiger partial charge is 0.149 e. The van der Waals surface area contributed by atoms with Gasteiger partial charge < -0.3 is 14.6 Å². The van der Waals surface area contributed by atoms with Gasteiger partial charge in [-0.25, -0.2) is 4.39 Å². The lowest BCUT2D eigenvalue weighted by Gasteiger charge is -2.19. The highest BCUT2D eigenvalue weighted by Crippen LogP contribution is 2.40. The number of benzene rings is 2. The van der Waals surface area contributed by atoms with E-state index in [0.717, 1.165) is 0 Å². The number of halogens is 3. The molecule has 0 saturated heterocycles. The first-order chi connectivity index (χ1) is 10.0. The van der Waals surface area contributed by atoms with E-state index in [0.29, 0.717) is 21.5 Å². The third-order valence-corrected chi connectivity index (χ3v) is 4.36. The first-order valence-corrected chi connectivity index (χ1v) is 7.20. The molecule has 0 saturated carbocycles. The summed E-state index contributed by atoms with van der Waals surface area (Å²) in [6, 6.07) is 8.09. The van der Waals surface area contributed by atoms with Crippen LogP contribution in [0.2, 0.25) is 5.02 Å². The quantitative estimate of drug-likeness (QED) is 0.808. The van der Waals surface area contributed by atoms with Crippen LogP contribution in [0, 0.1) is 5.82 Å². The molecule has 0 aliphatic carbocycles. The monoisotopic (exact) mass is 374 g/mol. The molecule has 0 fully saturated rings. The number of hydrogen-bond donors (Lipinski definition) is 1. The number of aliphatic hydroxyl groups is 1. The number of rotatable bonds is 4. The Balaban J connectivity index is 2.60. The molecule has 1 atom stereocenters. The normalized spacial score (nSPS) is 12.1. The summed E-state index contributed by atoms with van der Waals surface area (Å²) in [6.45, 7) is 0. The zero-order valence-electron chi connectivity index (χ0n) is 11.4. The maximum Gasteiger partial charge on any atom is 0.149 e. The Morgan fingerprint density at radius 3 is 2.24 bits per heavy atom. The van der Waals surface area contributed by atoms with E-state index in [1.807, 2.05) is 0 Å². The van der Waals surface area contributed by atoms with Gasteiger partial charge in [0.1, 0.15) is 23.4 Å². The third kappa shape index (κ3) is 3.00. The van der Waals surface area contributed by atoms with E-state index >= 15 is 0 Å². The summed E-state index contributed by atoms with van der Waals surface area (Å²) in [5.74, 6) is 0.118. The van der Waals surface area contributed by atoms with Crippen molar-refractivity contribution >= 4 is 27.5 Å². The number of hydrogen-bond acceptors (Lipinski definition) is 3. The summed E-state index contributed by atoms with van der Waals surface area (Å²) in [4.78, 5) is 0. The van der Waals surface area contributed by atoms with Crippen LogP contribution in [-0.4, -0.2) is 19.3 Å². The van der Waals surface area contributed by atoms with Gasteiger partial charge >= 0.3 is 0 Å². The fourth-order valence-electron chi connectivity index (χ4n) is 2.06. The Kier molecular flexibility index (Phi) is 5.08. The lowest BCUT2D eigenvalue weighted by atomic mass is 9.99. The molecule has 0 aliphatic heterocycles. The van der Waals surface area contributed by atoms with Gasteiger partial charge in [0.15, 0.2) is 0 Å². The molecule has 6 heteroatoms. The number of methoxy groups -OCH3 is 2. The SMILES string of the molecule is COc1cccc(OC)c1C(O)c1ccc(Br)c(Cl)c1F. The van der Waals surface area contributed by atoms with E-state index in [-0.39, 0.29) is 10.6 Å². The molecule has 0 bridgehead atoms. The minimum absolute atomic E-state index is 0.0472. The minimum atomic E-state index is -1.26. The van der Waals surface area contributed by atoms with Crippen LogP contribution in [0.3, 0.4) is 0 Å². The highest BCUT2D eigenvalue weighted by Gasteiger charge is 2.24. The summed E-state index contributed by atoms with van der Waals surface area (Å²) in [7, 11) is 2.94. The number of ether oxygens (including phenoxy) is 2. The van der Waals surface area contributed by atoms with Gasteiger partial charge in [-0.15, -0.1) is 0 Å². The highest BCUT2D eigenvalue weighted by molar-refractivity contribution is 9.10. The molecule has 1 N–H and O–H groups in total. The van der Waals surface area contributed by atoms with E-state index in [4.69, 9.17) is 21.1 Å². The van der Waals surface area contributed by atoms with E-state index in [1.165, 1.54) is 20.3 Å². The molecule has 112 valence electrons. The predicted molar refractivity (Wildman–Crippen MR) is 82.7 cm³/mol. The predicted octanol–water partition coefficient (Wildman–Crippen LogP) is 4.34. The Morgan fingerprint density at radius 1 is 1.14 bits per heavy atom. The molecule has 1 unspecified atom stereocenters. The van der Waals surface area contributed by atoms with E-state index in [9.17, 15) is 9.50 Å². The molecule has 0 radical (unpaired) electrons. The largest absolute Gasteiger partial charge is 0.496 e. The van der Waals surface area contributed by atoms with Gasteiger partial charge in [-0.1, -0.05) is 23.7 Å². The maximum atomic E-state index is 14.3. The van der Waals surface area contributed by atoms with Crippen molar-refractivity contribution < 1.29 is 19.0 Å². The van der Waals surface area contributed by atoms with Gasteiger partial charge in [-0.05, 0) is 34.1 Å². The molecule has 2 rings (SSSR count). The second-order valence-electron chi connectivity index (χ2n) is 4.24. The zero-order chi connectivity index (χ0) is 15.6. The van der Waals surface area contributed by atoms with Crippen LogP contribution in [0.5, 0.6) is 11.5 Å². The standard InChI is InChI=1S/C15H13BrClFO3/c1-20-10-4-3-5-11(21-2)12(10)15(19)8-6-7-9(16)13(17)14(8)18/h3-7,15,19H,1-2H3. The van der Waals surface area contributed by atoms with Crippen LogP contribution in [0.4, 0.5) is 4.39 Å². The van der Waals surface area contributed by atoms with Gasteiger partial charge in [0.05, 0.1) is 24.8 Å². The van der Waals surface area contributed by atoms with E-state index in [2.05, 4.69) is 15.9 Å². The third-order valence-electron chi connectivity index (χ3n) is 3.10. The van der Waals surface area contributed by atoms with Gasteiger partial charge in [0, 0.05) is 10.0 Å². The molecule has 21 heavy (non-hydrogen) atoms. The first kappa shape index (κ1) is 16.1. The second-order valence-corrected chi connectivity index (χ2v) is 5.48. The Labute approximate surface area is 135 Å². The van der Waals surface area contributed by atoms with Gasteiger partial charge in [-0.3, -0.25) is 0 Å². The van der Waals surface area contributed by atoms with Crippen LogP contribution in [0.25, 0.3) is 0 Å². The van der Waals surface area contributed by atoms with Gasteiger partial charge in [0.2, 0.25) is 0 Å². The molecular weight excluding hydrogens is 363 g/mol. The summed E-state index contributed by atoms with van der Waals surface area (Å²) in [5.41, 5.74) is 0.394. The summed E-state index contributed by atoms with van der Waals surface area (Å²) >= 11 is 9.01. The van der Waals surface area contributed by atoms with Crippen molar-refractivity contribution in [3.05, 3.63) is 56.8 Å². The molecule has 3 nitrogen and oxygen atoms in total. The number of aliphatic hydroxyl groups excluding tert-OH is 1. The fraction of sp³-hybridized carbons (Fsp3) is 0.200. The second kappa shape index (κ2) is 6.64. The summed E-state index contributed by atoms with van der Waals surface area (Å²) < 4.78 is 25.1. The van der Waals surface area contributed by atoms with Crippen molar-refractivity contribution in [1.29, 1.82) is 0 Å². The van der Waals surface area contributed by atoms with E-state index in [1.54, 1.807) is 24.3 Å². The van der Waals surface area contributed by atoms with Crippen LogP contribution in [-0.2, 0) is 0 Å². The lowest BCUT2D eigenvalue weighted by molar-refractivity contribution is 0.204. The minimum Gasteiger partial charge on any atom is -0.496 e. The Bertz CT molecular complexity index is 641. The highest BCUT2D eigenvalue weighted by atomic mass is 79.9. The van der Waals surface area contributed by atoms with E-state index < -0.39 is 11.9 Å². The molecule has 0 aliphatic rings. The Hall–Kier alpha value is -1.30. The summed E-state index contributed by atoms with van der Waals surface area (Å²) in [6.07, 6.45) is -1.26. The Morgan fingerprint density at radius 2 is 1.71 bits per heavy atom. The molecule has 0 amide bonds. The summed E-state index contributed by atoms with van der Waals surface area (Å²) in [5, 5.41) is 10.5. The lowest BCUT2D eigenvalue weighted by Crippen LogP contribution is -2.07. The van der Waals surface area contributed by atoms with Crippen LogP contribution < -0.4 is 9.47 Å². The van der Waals surface area contributed by atoms with Crippen molar-refractivity contribution in [2.75, 3.05) is 14.2 Å². The van der Waals surface area contributed by atoms with Crippen molar-refractivity contribution in [3.8, 4) is 11.5 Å². The van der Waals surface area contributed by atoms with Gasteiger partial charge in [0.25, 0.3) is 0 Å².